The fourth-order valence-corrected chi connectivity index (χ4v) is 3.51. The van der Waals surface area contributed by atoms with Gasteiger partial charge in [-0.25, -0.2) is 13.8 Å². The van der Waals surface area contributed by atoms with Crippen LogP contribution in [0.5, 0.6) is 5.75 Å². The fraction of sp³-hybridized carbons (Fsp3) is 0.316. The van der Waals surface area contributed by atoms with Crippen LogP contribution in [-0.4, -0.2) is 36.6 Å². The number of rotatable bonds is 5. The van der Waals surface area contributed by atoms with Crippen molar-refractivity contribution in [3.05, 3.63) is 40.2 Å². The largest absolute Gasteiger partial charge is 0.492 e. The molecule has 3 rings (SSSR count). The summed E-state index contributed by atoms with van der Waals surface area (Å²) in [5.74, 6) is -2.24. The Morgan fingerprint density at radius 2 is 2.15 bits per heavy atom. The predicted octanol–water partition coefficient (Wildman–Crippen LogP) is 4.43. The van der Waals surface area contributed by atoms with E-state index in [0.29, 0.717) is 35.0 Å². The summed E-state index contributed by atoms with van der Waals surface area (Å²) in [6.45, 7) is 8.65. The first kappa shape index (κ1) is 20.7. The molecule has 1 aliphatic rings. The molecule has 8 heteroatoms. The maximum atomic E-state index is 13.0. The van der Waals surface area contributed by atoms with Crippen LogP contribution in [0.2, 0.25) is 0 Å². The van der Waals surface area contributed by atoms with Crippen molar-refractivity contribution in [3.8, 4) is 17.0 Å². The summed E-state index contributed by atoms with van der Waals surface area (Å²) in [4.78, 5) is 17.1. The number of hydrogen-bond acceptors (Lipinski definition) is 6. The van der Waals surface area contributed by atoms with Crippen molar-refractivity contribution in [1.29, 1.82) is 5.41 Å². The van der Waals surface area contributed by atoms with Crippen molar-refractivity contribution in [1.82, 2.24) is 10.3 Å². The molecule has 2 heterocycles. The molecule has 0 bridgehead atoms. The number of aromatic nitrogens is 1. The van der Waals surface area contributed by atoms with E-state index in [9.17, 15) is 13.6 Å². The van der Waals surface area contributed by atoms with Gasteiger partial charge in [0.05, 0.1) is 24.5 Å². The highest BCUT2D eigenvalue weighted by Gasteiger charge is 2.24. The summed E-state index contributed by atoms with van der Waals surface area (Å²) < 4.78 is 31.8. The van der Waals surface area contributed by atoms with Crippen molar-refractivity contribution in [2.24, 2.45) is 0 Å². The highest BCUT2D eigenvalue weighted by Crippen LogP contribution is 2.39. The molecule has 144 valence electrons. The number of alkyl halides is 2. The van der Waals surface area contributed by atoms with Gasteiger partial charge in [-0.2, -0.15) is 0 Å². The van der Waals surface area contributed by atoms with Crippen molar-refractivity contribution in [2.75, 3.05) is 13.2 Å². The number of benzene rings is 1. The zero-order valence-corrected chi connectivity index (χ0v) is 16.0. The highest BCUT2D eigenvalue weighted by atomic mass is 32.1. The number of carbonyl (C=O) groups is 1. The van der Waals surface area contributed by atoms with Crippen molar-refractivity contribution in [2.45, 2.75) is 26.2 Å². The Morgan fingerprint density at radius 1 is 1.44 bits per heavy atom. The summed E-state index contributed by atoms with van der Waals surface area (Å²) in [6, 6.07) is 5.27. The number of thiazole rings is 1. The monoisotopic (exact) mass is 393 g/mol. The quantitative estimate of drug-likeness (QED) is 0.582. The van der Waals surface area contributed by atoms with Crippen LogP contribution >= 0.6 is 11.3 Å². The van der Waals surface area contributed by atoms with Gasteiger partial charge in [-0.05, 0) is 25.8 Å². The number of ketones is 1. The van der Waals surface area contributed by atoms with E-state index in [1.54, 1.807) is 12.1 Å². The van der Waals surface area contributed by atoms with Gasteiger partial charge in [0.1, 0.15) is 10.8 Å². The smallest absolute Gasteiger partial charge is 0.262 e. The summed E-state index contributed by atoms with van der Waals surface area (Å²) in [5, 5.41) is 8.72. The summed E-state index contributed by atoms with van der Waals surface area (Å²) in [5.41, 5.74) is 2.51. The molecule has 0 fully saturated rings. The third-order valence-electron chi connectivity index (χ3n) is 3.80. The van der Waals surface area contributed by atoms with E-state index >= 15 is 0 Å². The van der Waals surface area contributed by atoms with Gasteiger partial charge in [-0.15, -0.1) is 11.3 Å². The minimum absolute atomic E-state index is 0.0343. The Kier molecular flexibility index (Phi) is 6.43. The van der Waals surface area contributed by atoms with Gasteiger partial charge in [0.15, 0.2) is 5.78 Å². The highest BCUT2D eigenvalue weighted by molar-refractivity contribution is 7.13. The fourth-order valence-electron chi connectivity index (χ4n) is 2.51. The number of nitrogens with one attached hydrogen (secondary N) is 2. The van der Waals surface area contributed by atoms with E-state index in [2.05, 4.69) is 23.6 Å². The van der Waals surface area contributed by atoms with Crippen LogP contribution in [0.4, 0.5) is 8.78 Å². The third kappa shape index (κ3) is 4.97. The standard InChI is InChI=1S/C18H18F2N2O2S.CH3N/c1-10(21-9-18(3,19)20)17-22-16-13-5-4-12(11(2)23)8-14(13)24-7-6-15(16)25-17;1-2/h4-5,8,21H,1,6-7,9H2,2-3H3;2H,1H2. The number of Topliss-reactive ketones (excluding diaryl/α,β-unsaturated/α-hetero) is 1. The average molecular weight is 393 g/mol. The van der Waals surface area contributed by atoms with E-state index in [1.807, 2.05) is 6.07 Å². The SMILES string of the molecule is C=C(NCC(C)(F)F)c1nc2c(s1)CCOc1cc(C(C)=O)ccc1-2.C=N. The lowest BCUT2D eigenvalue weighted by Gasteiger charge is -2.13. The minimum atomic E-state index is -2.82. The van der Waals surface area contributed by atoms with E-state index in [-0.39, 0.29) is 5.78 Å². The van der Waals surface area contributed by atoms with E-state index in [0.717, 1.165) is 23.1 Å². The van der Waals surface area contributed by atoms with Gasteiger partial charge in [-0.3, -0.25) is 4.79 Å². The van der Waals surface area contributed by atoms with E-state index < -0.39 is 12.5 Å². The van der Waals surface area contributed by atoms with Gasteiger partial charge in [0.2, 0.25) is 0 Å². The summed E-state index contributed by atoms with van der Waals surface area (Å²) in [6.07, 6.45) is 0.661. The Balaban J connectivity index is 0.00000126. The second kappa shape index (κ2) is 8.39. The molecule has 1 aliphatic heterocycles. The molecule has 0 aliphatic carbocycles. The zero-order chi connectivity index (χ0) is 20.2. The molecule has 1 aromatic carbocycles. The molecule has 0 unspecified atom stereocenters. The number of nitrogens with zero attached hydrogens (tertiary/aromatic N) is 1. The first-order valence-corrected chi connectivity index (χ1v) is 9.00. The maximum absolute atomic E-state index is 13.0. The topological polar surface area (TPSA) is 75.1 Å². The molecule has 0 spiro atoms. The van der Waals surface area contributed by atoms with Crippen LogP contribution in [0.25, 0.3) is 17.0 Å². The molecule has 0 atom stereocenters. The Morgan fingerprint density at radius 3 is 2.78 bits per heavy atom. The van der Waals surface area contributed by atoms with Gasteiger partial charge in [-0.1, -0.05) is 12.6 Å². The Bertz CT molecular complexity index is 859. The molecule has 0 saturated carbocycles. The molecule has 2 N–H and O–H groups in total. The maximum Gasteiger partial charge on any atom is 0.262 e. The van der Waals surface area contributed by atoms with Crippen LogP contribution in [0.1, 0.15) is 34.1 Å². The number of carbonyl (C=O) groups excluding carboxylic acids is 1. The molecule has 0 radical (unpaired) electrons. The second-order valence-electron chi connectivity index (χ2n) is 6.06. The van der Waals surface area contributed by atoms with Crippen LogP contribution in [-0.2, 0) is 6.42 Å². The number of ether oxygens (including phenoxy) is 1. The molecule has 27 heavy (non-hydrogen) atoms. The van der Waals surface area contributed by atoms with Gasteiger partial charge >= 0.3 is 0 Å². The minimum Gasteiger partial charge on any atom is -0.492 e. The molecular formula is C19H21F2N3O2S. The molecular weight excluding hydrogens is 372 g/mol. The first-order chi connectivity index (χ1) is 12.7. The number of hydrogen-bond donors (Lipinski definition) is 2. The second-order valence-corrected chi connectivity index (χ2v) is 7.14. The molecule has 0 amide bonds. The lowest BCUT2D eigenvalue weighted by Crippen LogP contribution is -2.28. The lowest BCUT2D eigenvalue weighted by atomic mass is 10.0. The Labute approximate surface area is 160 Å². The van der Waals surface area contributed by atoms with E-state index in [4.69, 9.17) is 10.1 Å². The summed E-state index contributed by atoms with van der Waals surface area (Å²) in [7, 11) is 0. The van der Waals surface area contributed by atoms with Crippen molar-refractivity contribution >= 4 is 29.5 Å². The third-order valence-corrected chi connectivity index (χ3v) is 4.97. The van der Waals surface area contributed by atoms with Gasteiger partial charge < -0.3 is 15.5 Å². The number of fused-ring (bicyclic) bond motifs is 3. The average Bonchev–Trinajstić information content (AvgIpc) is 2.97. The first-order valence-electron chi connectivity index (χ1n) is 8.19. The number of halogens is 2. The lowest BCUT2D eigenvalue weighted by molar-refractivity contribution is 0.0267. The van der Waals surface area contributed by atoms with Crippen molar-refractivity contribution in [3.63, 3.8) is 0 Å². The molecule has 2 aromatic rings. The van der Waals surface area contributed by atoms with Crippen LogP contribution in [0, 0.1) is 5.41 Å². The summed E-state index contributed by atoms with van der Waals surface area (Å²) >= 11 is 1.42. The molecule has 0 saturated heterocycles. The van der Waals surface area contributed by atoms with Crippen LogP contribution in [0.15, 0.2) is 24.8 Å². The zero-order valence-electron chi connectivity index (χ0n) is 15.2. The molecule has 1 aromatic heterocycles. The normalized spacial score (nSPS) is 12.4. The van der Waals surface area contributed by atoms with Crippen LogP contribution in [0.3, 0.4) is 0 Å². The Hall–Kier alpha value is -2.61. The molecule has 5 nitrogen and oxygen atoms in total. The van der Waals surface area contributed by atoms with Gasteiger partial charge in [0, 0.05) is 29.3 Å². The van der Waals surface area contributed by atoms with E-state index in [1.165, 1.54) is 18.3 Å². The predicted molar refractivity (Wildman–Crippen MR) is 104 cm³/mol. The van der Waals surface area contributed by atoms with Crippen molar-refractivity contribution < 1.29 is 18.3 Å². The van der Waals surface area contributed by atoms with Crippen LogP contribution < -0.4 is 10.1 Å². The van der Waals surface area contributed by atoms with Gasteiger partial charge in [0.25, 0.3) is 5.92 Å².